The van der Waals surface area contributed by atoms with Crippen LogP contribution in [0.15, 0.2) is 18.2 Å². The number of halogens is 3. The molecule has 0 radical (unpaired) electrons. The third-order valence-electron chi connectivity index (χ3n) is 7.17. The third kappa shape index (κ3) is 11.7. The van der Waals surface area contributed by atoms with E-state index in [1.54, 1.807) is 18.2 Å². The molecule has 2 rings (SSSR count). The van der Waals surface area contributed by atoms with Crippen molar-refractivity contribution in [3.8, 4) is 0 Å². The van der Waals surface area contributed by atoms with Crippen LogP contribution in [0.1, 0.15) is 92.4 Å². The summed E-state index contributed by atoms with van der Waals surface area (Å²) in [5.74, 6) is 0.842. The first-order chi connectivity index (χ1) is 16.1. The summed E-state index contributed by atoms with van der Waals surface area (Å²) >= 11 is 12.3. The first-order valence-electron chi connectivity index (χ1n) is 13.4. The molecule has 0 spiro atoms. The monoisotopic (exact) mass is 592 g/mol. The van der Waals surface area contributed by atoms with Gasteiger partial charge in [-0.1, -0.05) is 82.0 Å². The van der Waals surface area contributed by atoms with Crippen LogP contribution < -0.4 is 22.3 Å². The van der Waals surface area contributed by atoms with E-state index < -0.39 is 0 Å². The van der Waals surface area contributed by atoms with Crippen LogP contribution in [-0.2, 0) is 9.53 Å². The zero-order valence-corrected chi connectivity index (χ0v) is 25.5. The number of hydrogen-bond donors (Lipinski definition) is 1. The largest absolute Gasteiger partial charge is 1.00 e. The van der Waals surface area contributed by atoms with E-state index in [0.29, 0.717) is 15.7 Å². The molecule has 0 aliphatic carbocycles. The van der Waals surface area contributed by atoms with Crippen molar-refractivity contribution in [1.82, 2.24) is 0 Å². The van der Waals surface area contributed by atoms with Crippen molar-refractivity contribution in [2.45, 2.75) is 111 Å². The molecule has 3 unspecified atom stereocenters. The second kappa shape index (κ2) is 16.5. The third-order valence-corrected chi connectivity index (χ3v) is 7.61. The first kappa shape index (κ1) is 32.7. The second-order valence-corrected chi connectivity index (χ2v) is 11.8. The predicted octanol–water partition coefficient (Wildman–Crippen LogP) is 5.12. The first-order valence-corrected chi connectivity index (χ1v) is 14.1. The smallest absolute Gasteiger partial charge is 0.282 e. The van der Waals surface area contributed by atoms with Crippen molar-refractivity contribution in [1.29, 1.82) is 0 Å². The van der Waals surface area contributed by atoms with Crippen molar-refractivity contribution in [2.24, 2.45) is 5.92 Å². The number of unbranched alkanes of at least 4 members (excludes halogenated alkanes) is 7. The maximum atomic E-state index is 13.3. The van der Waals surface area contributed by atoms with Gasteiger partial charge in [0.25, 0.3) is 5.91 Å². The number of quaternary nitrogens is 1. The van der Waals surface area contributed by atoms with Crippen LogP contribution in [0.2, 0.25) is 10.0 Å². The molecule has 1 aromatic carbocycles. The summed E-state index contributed by atoms with van der Waals surface area (Å²) in [6.07, 6.45) is 12.1. The summed E-state index contributed by atoms with van der Waals surface area (Å²) in [6, 6.07) is 4.99. The number of amides is 1. The highest BCUT2D eigenvalue weighted by Gasteiger charge is 2.44. The number of carbonyl (C=O) groups excluding carboxylic acids is 1. The van der Waals surface area contributed by atoms with Gasteiger partial charge in [0, 0.05) is 15.7 Å². The van der Waals surface area contributed by atoms with Gasteiger partial charge in [-0.2, -0.15) is 0 Å². The lowest BCUT2D eigenvalue weighted by atomic mass is 10.0. The van der Waals surface area contributed by atoms with E-state index in [1.165, 1.54) is 51.4 Å². The SMILES string of the molecule is CC(C)CCCCCCCCCC[N+]1(C(C)C(=O)Nc2cc(Cl)cc(Cl)c2)CC(C)OC(C)C1.[Br-]. The molecule has 0 aromatic heterocycles. The van der Waals surface area contributed by atoms with Crippen molar-refractivity contribution in [3.05, 3.63) is 28.2 Å². The molecular weight excluding hydrogens is 547 g/mol. The summed E-state index contributed by atoms with van der Waals surface area (Å²) in [5, 5.41) is 4.10. The van der Waals surface area contributed by atoms with E-state index >= 15 is 0 Å². The van der Waals surface area contributed by atoms with Gasteiger partial charge in [-0.25, -0.2) is 0 Å². The molecule has 1 amide bonds. The van der Waals surface area contributed by atoms with Crippen LogP contribution in [0.3, 0.4) is 0 Å². The molecule has 0 bridgehead atoms. The fourth-order valence-electron chi connectivity index (χ4n) is 5.44. The maximum absolute atomic E-state index is 13.3. The standard InChI is InChI=1S/C28H46Cl2N2O2.BrH/c1-21(2)14-12-10-8-6-7-9-11-13-15-32(19-22(3)34-23(4)20-32)24(5)28(33)31-27-17-25(29)16-26(30)18-27;/h16-18,21-24H,6-15,19-20H2,1-5H3;1H. The zero-order chi connectivity index (χ0) is 25.1. The fourth-order valence-corrected chi connectivity index (χ4v) is 5.96. The quantitative estimate of drug-likeness (QED) is 0.240. The molecule has 1 aliphatic heterocycles. The van der Waals surface area contributed by atoms with Crippen LogP contribution in [0, 0.1) is 5.92 Å². The summed E-state index contributed by atoms with van der Waals surface area (Å²) in [5.41, 5.74) is 0.648. The molecule has 202 valence electrons. The van der Waals surface area contributed by atoms with Gasteiger partial charge in [0.1, 0.15) is 25.3 Å². The number of morpholine rings is 1. The summed E-state index contributed by atoms with van der Waals surface area (Å²) in [4.78, 5) is 13.3. The number of nitrogens with zero attached hydrogens (tertiary/aromatic N) is 1. The molecule has 3 atom stereocenters. The minimum Gasteiger partial charge on any atom is -1.00 e. The highest BCUT2D eigenvalue weighted by Crippen LogP contribution is 2.28. The average molecular weight is 595 g/mol. The Morgan fingerprint density at radius 3 is 1.91 bits per heavy atom. The van der Waals surface area contributed by atoms with E-state index in [2.05, 4.69) is 39.9 Å². The van der Waals surface area contributed by atoms with Crippen LogP contribution in [-0.4, -0.2) is 48.3 Å². The molecule has 1 heterocycles. The topological polar surface area (TPSA) is 38.3 Å². The maximum Gasteiger partial charge on any atom is 0.282 e. The number of ether oxygens (including phenoxy) is 1. The number of carbonyl (C=O) groups is 1. The van der Waals surface area contributed by atoms with Gasteiger partial charge < -0.3 is 31.5 Å². The van der Waals surface area contributed by atoms with E-state index in [-0.39, 0.29) is 41.1 Å². The second-order valence-electron chi connectivity index (χ2n) is 10.9. The molecule has 7 heteroatoms. The zero-order valence-electron chi connectivity index (χ0n) is 22.4. The lowest BCUT2D eigenvalue weighted by Gasteiger charge is -2.49. The molecule has 1 N–H and O–H groups in total. The van der Waals surface area contributed by atoms with Crippen molar-refractivity contribution in [3.63, 3.8) is 0 Å². The number of benzene rings is 1. The van der Waals surface area contributed by atoms with E-state index in [4.69, 9.17) is 27.9 Å². The van der Waals surface area contributed by atoms with Gasteiger partial charge in [-0.15, -0.1) is 0 Å². The van der Waals surface area contributed by atoms with Gasteiger partial charge in [0.05, 0.1) is 6.54 Å². The number of nitrogens with one attached hydrogen (secondary N) is 1. The molecular formula is C28H47BrCl2N2O2. The van der Waals surface area contributed by atoms with Gasteiger partial charge >= 0.3 is 0 Å². The normalized spacial score (nSPS) is 23.1. The van der Waals surface area contributed by atoms with E-state index in [1.807, 2.05) is 0 Å². The Hall–Kier alpha value is -0.330. The molecule has 35 heavy (non-hydrogen) atoms. The lowest BCUT2D eigenvalue weighted by Crippen LogP contribution is -3.00. The predicted molar refractivity (Wildman–Crippen MR) is 146 cm³/mol. The molecule has 1 aliphatic rings. The average Bonchev–Trinajstić information content (AvgIpc) is 2.72. The molecule has 0 saturated carbocycles. The van der Waals surface area contributed by atoms with Crippen LogP contribution >= 0.6 is 23.2 Å². The molecule has 4 nitrogen and oxygen atoms in total. The molecule has 1 saturated heterocycles. The van der Waals surface area contributed by atoms with Gasteiger partial charge in [-0.05, 0) is 57.7 Å². The van der Waals surface area contributed by atoms with Crippen molar-refractivity contribution >= 4 is 34.8 Å². The van der Waals surface area contributed by atoms with E-state index in [9.17, 15) is 4.79 Å². The van der Waals surface area contributed by atoms with Crippen molar-refractivity contribution in [2.75, 3.05) is 25.0 Å². The Morgan fingerprint density at radius 1 is 0.914 bits per heavy atom. The highest BCUT2D eigenvalue weighted by atomic mass is 79.9. The Labute approximate surface area is 234 Å². The van der Waals surface area contributed by atoms with Crippen LogP contribution in [0.5, 0.6) is 0 Å². The minimum atomic E-state index is -0.174. The van der Waals surface area contributed by atoms with Crippen molar-refractivity contribution < 1.29 is 31.0 Å². The minimum absolute atomic E-state index is 0. The number of rotatable bonds is 14. The molecule has 1 aromatic rings. The Kier molecular flexibility index (Phi) is 15.4. The Morgan fingerprint density at radius 2 is 1.40 bits per heavy atom. The summed E-state index contributed by atoms with van der Waals surface area (Å²) in [6.45, 7) is 13.7. The van der Waals surface area contributed by atoms with Crippen LogP contribution in [0.4, 0.5) is 5.69 Å². The van der Waals surface area contributed by atoms with Gasteiger partial charge in [0.15, 0.2) is 6.04 Å². The van der Waals surface area contributed by atoms with Gasteiger partial charge in [-0.3, -0.25) is 4.79 Å². The summed E-state index contributed by atoms with van der Waals surface area (Å²) < 4.78 is 6.82. The number of hydrogen-bond acceptors (Lipinski definition) is 2. The number of anilines is 1. The fraction of sp³-hybridized carbons (Fsp3) is 0.750. The highest BCUT2D eigenvalue weighted by molar-refractivity contribution is 6.35. The Balaban J connectivity index is 0.00000612. The van der Waals surface area contributed by atoms with Crippen LogP contribution in [0.25, 0.3) is 0 Å². The lowest BCUT2D eigenvalue weighted by molar-refractivity contribution is -0.953. The van der Waals surface area contributed by atoms with E-state index in [0.717, 1.165) is 36.5 Å². The van der Waals surface area contributed by atoms with Gasteiger partial charge in [0.2, 0.25) is 0 Å². The molecule has 1 fully saturated rings. The summed E-state index contributed by atoms with van der Waals surface area (Å²) in [7, 11) is 0. The Bertz CT molecular complexity index is 732.